The Morgan fingerprint density at radius 2 is 1.70 bits per heavy atom. The molecule has 9 heteroatoms. The Bertz CT molecular complexity index is 1310. The van der Waals surface area contributed by atoms with Crippen molar-refractivity contribution in [1.29, 1.82) is 0 Å². The number of pyridine rings is 1. The summed E-state index contributed by atoms with van der Waals surface area (Å²) in [6.45, 7) is 0. The largest absolute Gasteiger partial charge is 0.466 e. The molecule has 0 radical (unpaired) electrons. The van der Waals surface area contributed by atoms with E-state index in [1.54, 1.807) is 0 Å². The van der Waals surface area contributed by atoms with Crippen molar-refractivity contribution in [2.45, 2.75) is 6.18 Å². The average Bonchev–Trinajstić information content (AvgIpc) is 2.78. The van der Waals surface area contributed by atoms with Crippen LogP contribution in [0.5, 0.6) is 0 Å². The number of rotatable bonds is 5. The number of ketones is 1. The Kier molecular flexibility index (Phi) is 6.88. The fraction of sp³-hybridized carbons (Fsp3) is 0.125. The number of ether oxygens (including phenoxy) is 1. The third kappa shape index (κ3) is 5.40. The monoisotopic (exact) mass is 475 g/mol. The van der Waals surface area contributed by atoms with Crippen LogP contribution in [0.15, 0.2) is 65.6 Å². The summed E-state index contributed by atoms with van der Waals surface area (Å²) in [4.78, 5) is 37.0. The second-order valence-electron chi connectivity index (χ2n) is 7.04. The van der Waals surface area contributed by atoms with Crippen LogP contribution in [0.25, 0.3) is 17.2 Å². The Hall–Kier alpha value is -3.65. The normalized spacial score (nSPS) is 11.6. The van der Waals surface area contributed by atoms with Crippen LogP contribution in [-0.4, -0.2) is 23.4 Å². The molecule has 3 rings (SSSR count). The molecule has 33 heavy (non-hydrogen) atoms. The summed E-state index contributed by atoms with van der Waals surface area (Å²) in [6.07, 6.45) is -0.912. The highest BCUT2D eigenvalue weighted by Gasteiger charge is 2.32. The van der Waals surface area contributed by atoms with E-state index >= 15 is 0 Å². The maximum Gasteiger partial charge on any atom is 0.416 e. The molecule has 1 heterocycles. The van der Waals surface area contributed by atoms with Crippen LogP contribution in [0.1, 0.15) is 27.0 Å². The van der Waals surface area contributed by atoms with Gasteiger partial charge < -0.3 is 9.30 Å². The number of methoxy groups -OCH3 is 1. The molecule has 0 amide bonds. The van der Waals surface area contributed by atoms with Gasteiger partial charge in [-0.1, -0.05) is 17.7 Å². The summed E-state index contributed by atoms with van der Waals surface area (Å²) in [5.74, 6) is -1.35. The van der Waals surface area contributed by atoms with E-state index < -0.39 is 29.1 Å². The van der Waals surface area contributed by atoms with Crippen LogP contribution < -0.4 is 5.56 Å². The van der Waals surface area contributed by atoms with E-state index in [4.69, 9.17) is 11.6 Å². The van der Waals surface area contributed by atoms with Crippen LogP contribution >= 0.6 is 11.6 Å². The quantitative estimate of drug-likeness (QED) is 0.291. The molecular formula is C24H17ClF3NO4. The van der Waals surface area contributed by atoms with Gasteiger partial charge in [-0.3, -0.25) is 9.59 Å². The summed E-state index contributed by atoms with van der Waals surface area (Å²) < 4.78 is 46.1. The lowest BCUT2D eigenvalue weighted by Gasteiger charge is -2.16. The van der Waals surface area contributed by atoms with Crippen LogP contribution in [0.4, 0.5) is 13.2 Å². The molecule has 0 aliphatic carbocycles. The smallest absolute Gasteiger partial charge is 0.416 e. The van der Waals surface area contributed by atoms with Crippen molar-refractivity contribution >= 4 is 29.4 Å². The molecule has 0 atom stereocenters. The second-order valence-corrected chi connectivity index (χ2v) is 7.48. The number of benzene rings is 2. The zero-order valence-electron chi connectivity index (χ0n) is 17.4. The summed E-state index contributed by atoms with van der Waals surface area (Å²) in [5, 5.41) is 0.365. The Labute approximate surface area is 191 Å². The molecule has 0 saturated carbocycles. The summed E-state index contributed by atoms with van der Waals surface area (Å²) >= 11 is 5.86. The number of hydrogen-bond donors (Lipinski definition) is 0. The predicted octanol–water partition coefficient (Wildman–Crippen LogP) is 5.14. The molecule has 3 aromatic rings. The number of carbonyl (C=O) groups is 2. The van der Waals surface area contributed by atoms with Crippen molar-refractivity contribution < 1.29 is 27.5 Å². The third-order valence-corrected chi connectivity index (χ3v) is 5.10. The number of carbonyl (C=O) groups excluding carboxylic acids is 2. The van der Waals surface area contributed by atoms with Gasteiger partial charge in [-0.05, 0) is 53.6 Å². The molecule has 170 valence electrons. The fourth-order valence-electron chi connectivity index (χ4n) is 3.13. The Balaban J connectivity index is 2.29. The van der Waals surface area contributed by atoms with Gasteiger partial charge in [0.25, 0.3) is 5.56 Å². The number of halogens is 4. The standard InChI is InChI=1S/C24H17ClF3NO4/c1-29-13-20(15(11-21(29)30)5-10-22(31)33-2)18-9-6-16(24(26,27)28)12-19(18)23(32)14-3-7-17(25)8-4-14/h3-13H,1-2H3/b10-5+. The van der Waals surface area contributed by atoms with E-state index in [2.05, 4.69) is 4.74 Å². The van der Waals surface area contributed by atoms with Crippen LogP contribution in [0.3, 0.4) is 0 Å². The maximum atomic E-state index is 13.4. The van der Waals surface area contributed by atoms with Gasteiger partial charge in [0.05, 0.1) is 12.7 Å². The molecule has 0 saturated heterocycles. The molecule has 0 N–H and O–H groups in total. The molecule has 0 aliphatic heterocycles. The lowest BCUT2D eigenvalue weighted by atomic mass is 9.90. The zero-order chi connectivity index (χ0) is 24.3. The van der Waals surface area contributed by atoms with Gasteiger partial charge in [-0.15, -0.1) is 0 Å². The molecular weight excluding hydrogens is 459 g/mol. The van der Waals surface area contributed by atoms with Gasteiger partial charge in [0.15, 0.2) is 5.78 Å². The van der Waals surface area contributed by atoms with Crippen LogP contribution in [-0.2, 0) is 22.8 Å². The van der Waals surface area contributed by atoms with Gasteiger partial charge in [0, 0.05) is 47.1 Å². The summed E-state index contributed by atoms with van der Waals surface area (Å²) in [7, 11) is 2.64. The highest BCUT2D eigenvalue weighted by molar-refractivity contribution is 6.30. The molecule has 0 bridgehead atoms. The van der Waals surface area contributed by atoms with E-state index in [0.29, 0.717) is 5.02 Å². The first-order valence-electron chi connectivity index (χ1n) is 9.50. The van der Waals surface area contributed by atoms with Gasteiger partial charge in [-0.2, -0.15) is 13.2 Å². The maximum absolute atomic E-state index is 13.4. The van der Waals surface area contributed by atoms with E-state index in [0.717, 1.165) is 18.2 Å². The first kappa shape index (κ1) is 24.0. The average molecular weight is 476 g/mol. The third-order valence-electron chi connectivity index (χ3n) is 4.85. The summed E-state index contributed by atoms with van der Waals surface area (Å²) in [6, 6.07) is 9.74. The first-order valence-corrected chi connectivity index (χ1v) is 9.87. The topological polar surface area (TPSA) is 65.4 Å². The lowest BCUT2D eigenvalue weighted by molar-refractivity contribution is -0.137. The number of aryl methyl sites for hydroxylation is 1. The minimum atomic E-state index is -4.68. The zero-order valence-corrected chi connectivity index (χ0v) is 18.2. The SMILES string of the molecule is COC(=O)/C=C/c1cc(=O)n(C)cc1-c1ccc(C(F)(F)F)cc1C(=O)c1ccc(Cl)cc1. The van der Waals surface area contributed by atoms with Crippen molar-refractivity contribution in [3.05, 3.63) is 98.4 Å². The predicted molar refractivity (Wildman–Crippen MR) is 118 cm³/mol. The van der Waals surface area contributed by atoms with Gasteiger partial charge >= 0.3 is 12.1 Å². The number of alkyl halides is 3. The van der Waals surface area contributed by atoms with Crippen molar-refractivity contribution in [2.24, 2.45) is 7.05 Å². The van der Waals surface area contributed by atoms with Crippen LogP contribution in [0.2, 0.25) is 5.02 Å². The van der Waals surface area contributed by atoms with Crippen molar-refractivity contribution in [3.63, 3.8) is 0 Å². The highest BCUT2D eigenvalue weighted by Crippen LogP contribution is 2.35. The van der Waals surface area contributed by atoms with E-state index in [9.17, 15) is 27.6 Å². The molecule has 5 nitrogen and oxygen atoms in total. The number of aromatic nitrogens is 1. The lowest BCUT2D eigenvalue weighted by Crippen LogP contribution is -2.17. The first-order chi connectivity index (χ1) is 15.5. The van der Waals surface area contributed by atoms with Gasteiger partial charge in [0.1, 0.15) is 0 Å². The van der Waals surface area contributed by atoms with E-state index in [1.807, 2.05) is 0 Å². The van der Waals surface area contributed by atoms with E-state index in [1.165, 1.54) is 67.4 Å². The van der Waals surface area contributed by atoms with Crippen molar-refractivity contribution in [3.8, 4) is 11.1 Å². The minimum Gasteiger partial charge on any atom is -0.466 e. The Morgan fingerprint density at radius 1 is 1.03 bits per heavy atom. The Morgan fingerprint density at radius 3 is 2.30 bits per heavy atom. The van der Waals surface area contributed by atoms with Crippen LogP contribution in [0, 0.1) is 0 Å². The van der Waals surface area contributed by atoms with Crippen molar-refractivity contribution in [2.75, 3.05) is 7.11 Å². The molecule has 2 aromatic carbocycles. The molecule has 0 unspecified atom stereocenters. The second kappa shape index (κ2) is 9.46. The molecule has 0 aliphatic rings. The van der Waals surface area contributed by atoms with Gasteiger partial charge in [-0.25, -0.2) is 4.79 Å². The van der Waals surface area contributed by atoms with E-state index in [-0.39, 0.29) is 27.8 Å². The number of hydrogen-bond acceptors (Lipinski definition) is 4. The number of nitrogens with zero attached hydrogens (tertiary/aromatic N) is 1. The molecule has 0 spiro atoms. The minimum absolute atomic E-state index is 0.136. The van der Waals surface area contributed by atoms with Crippen molar-refractivity contribution in [1.82, 2.24) is 4.57 Å². The molecule has 1 aromatic heterocycles. The summed E-state index contributed by atoms with van der Waals surface area (Å²) in [5.41, 5.74) is -0.837. The van der Waals surface area contributed by atoms with Gasteiger partial charge in [0.2, 0.25) is 0 Å². The highest BCUT2D eigenvalue weighted by atomic mass is 35.5. The number of esters is 1. The molecule has 0 fully saturated rings. The fourth-order valence-corrected chi connectivity index (χ4v) is 3.26.